The largest absolute Gasteiger partial charge is 0.481 e. The van der Waals surface area contributed by atoms with Gasteiger partial charge in [0, 0.05) is 0 Å². The van der Waals surface area contributed by atoms with E-state index < -0.39 is 5.97 Å². The molecule has 1 N–H and O–H groups in total. The first-order valence-corrected chi connectivity index (χ1v) is 6.99. The monoisotopic (exact) mass is 268 g/mol. The summed E-state index contributed by atoms with van der Waals surface area (Å²) in [5.41, 5.74) is 4.76. The molecule has 0 heterocycles. The van der Waals surface area contributed by atoms with Crippen LogP contribution in [0.4, 0.5) is 0 Å². The van der Waals surface area contributed by atoms with Gasteiger partial charge in [-0.1, -0.05) is 55.5 Å². The number of carboxylic acid groups (broad SMARTS) is 1. The van der Waals surface area contributed by atoms with Gasteiger partial charge < -0.3 is 5.11 Å². The molecule has 0 bridgehead atoms. The van der Waals surface area contributed by atoms with Gasteiger partial charge in [0.1, 0.15) is 0 Å². The number of hydrogen-bond acceptors (Lipinski definition) is 1. The van der Waals surface area contributed by atoms with Crippen molar-refractivity contribution in [2.75, 3.05) is 0 Å². The predicted octanol–water partition coefficient (Wildman–Crippen LogP) is 4.63. The molecule has 2 aromatic carbocycles. The van der Waals surface area contributed by atoms with Crippen LogP contribution in [-0.4, -0.2) is 11.1 Å². The molecule has 20 heavy (non-hydrogen) atoms. The zero-order valence-electron chi connectivity index (χ0n) is 12.0. The highest BCUT2D eigenvalue weighted by Crippen LogP contribution is 2.28. The molecule has 2 heteroatoms. The summed E-state index contributed by atoms with van der Waals surface area (Å²) in [5, 5.41) is 8.95. The maximum atomic E-state index is 10.9. The van der Waals surface area contributed by atoms with Gasteiger partial charge >= 0.3 is 5.97 Å². The van der Waals surface area contributed by atoms with Crippen LogP contribution in [0.15, 0.2) is 48.5 Å². The molecule has 0 amide bonds. The quantitative estimate of drug-likeness (QED) is 0.858. The minimum absolute atomic E-state index is 0.0958. The molecule has 0 radical (unpaired) electrons. The number of aryl methyl sites for hydroxylation is 1. The van der Waals surface area contributed by atoms with Crippen molar-refractivity contribution in [2.24, 2.45) is 0 Å². The Balaban J connectivity index is 2.26. The maximum Gasteiger partial charge on any atom is 0.303 e. The molecular weight excluding hydrogens is 248 g/mol. The van der Waals surface area contributed by atoms with Crippen LogP contribution in [-0.2, 0) is 4.79 Å². The van der Waals surface area contributed by atoms with Crippen LogP contribution in [0.3, 0.4) is 0 Å². The van der Waals surface area contributed by atoms with Crippen molar-refractivity contribution < 1.29 is 9.90 Å². The fourth-order valence-corrected chi connectivity index (χ4v) is 2.54. The van der Waals surface area contributed by atoms with Crippen LogP contribution < -0.4 is 0 Å². The summed E-state index contributed by atoms with van der Waals surface area (Å²) in [6.45, 7) is 4.13. The van der Waals surface area contributed by atoms with Gasteiger partial charge in [-0.15, -0.1) is 0 Å². The van der Waals surface area contributed by atoms with E-state index in [1.807, 2.05) is 19.1 Å². The van der Waals surface area contributed by atoms with E-state index in [2.05, 4.69) is 43.3 Å². The molecule has 0 aliphatic carbocycles. The van der Waals surface area contributed by atoms with Crippen molar-refractivity contribution in [3.63, 3.8) is 0 Å². The van der Waals surface area contributed by atoms with Crippen molar-refractivity contribution in [1.29, 1.82) is 0 Å². The summed E-state index contributed by atoms with van der Waals surface area (Å²) in [6.07, 6.45) is 1.04. The summed E-state index contributed by atoms with van der Waals surface area (Å²) >= 11 is 0. The molecule has 1 atom stereocenters. The summed E-state index contributed by atoms with van der Waals surface area (Å²) in [4.78, 5) is 10.9. The number of rotatable bonds is 5. The lowest BCUT2D eigenvalue weighted by molar-refractivity contribution is -0.137. The number of carbonyl (C=O) groups is 1. The third-order valence-electron chi connectivity index (χ3n) is 3.75. The molecule has 104 valence electrons. The fourth-order valence-electron chi connectivity index (χ4n) is 2.54. The molecule has 0 saturated carbocycles. The van der Waals surface area contributed by atoms with Gasteiger partial charge in [0.05, 0.1) is 6.42 Å². The smallest absolute Gasteiger partial charge is 0.303 e. The number of hydrogen-bond donors (Lipinski definition) is 1. The minimum Gasteiger partial charge on any atom is -0.481 e. The second-order valence-corrected chi connectivity index (χ2v) is 5.14. The second kappa shape index (κ2) is 6.38. The lowest BCUT2D eigenvalue weighted by Crippen LogP contribution is -2.05. The van der Waals surface area contributed by atoms with E-state index in [0.29, 0.717) is 0 Å². The van der Waals surface area contributed by atoms with Crippen molar-refractivity contribution in [2.45, 2.75) is 32.6 Å². The average Bonchev–Trinajstić information content (AvgIpc) is 2.45. The van der Waals surface area contributed by atoms with E-state index in [9.17, 15) is 4.79 Å². The van der Waals surface area contributed by atoms with Crippen LogP contribution in [0, 0.1) is 6.92 Å². The Kier molecular flexibility index (Phi) is 4.57. The highest BCUT2D eigenvalue weighted by Gasteiger charge is 2.13. The molecule has 0 saturated heterocycles. The Morgan fingerprint density at radius 2 is 1.75 bits per heavy atom. The third-order valence-corrected chi connectivity index (χ3v) is 3.75. The molecule has 0 aliphatic rings. The Morgan fingerprint density at radius 1 is 1.10 bits per heavy atom. The SMILES string of the molecule is CCC(CC(=O)O)c1ccc(-c2ccccc2C)cc1. The van der Waals surface area contributed by atoms with Gasteiger partial charge in [0.25, 0.3) is 0 Å². The number of benzene rings is 2. The third kappa shape index (κ3) is 3.27. The van der Waals surface area contributed by atoms with Gasteiger partial charge in [0.15, 0.2) is 0 Å². The first-order valence-electron chi connectivity index (χ1n) is 6.99. The van der Waals surface area contributed by atoms with Gasteiger partial charge in [-0.25, -0.2) is 0 Å². The topological polar surface area (TPSA) is 37.3 Å². The van der Waals surface area contributed by atoms with E-state index in [1.54, 1.807) is 0 Å². The van der Waals surface area contributed by atoms with Crippen LogP contribution >= 0.6 is 0 Å². The minimum atomic E-state index is -0.736. The molecule has 2 aromatic rings. The first-order chi connectivity index (χ1) is 9.61. The van der Waals surface area contributed by atoms with E-state index >= 15 is 0 Å². The second-order valence-electron chi connectivity index (χ2n) is 5.14. The zero-order valence-corrected chi connectivity index (χ0v) is 12.0. The molecule has 0 aromatic heterocycles. The normalized spacial score (nSPS) is 12.1. The first kappa shape index (κ1) is 14.3. The molecule has 0 spiro atoms. The number of carboxylic acids is 1. The molecule has 2 nitrogen and oxygen atoms in total. The van der Waals surface area contributed by atoms with Crippen molar-refractivity contribution >= 4 is 5.97 Å². The standard InChI is InChI=1S/C18H20O2/c1-3-14(12-18(19)20)15-8-10-16(11-9-15)17-7-5-4-6-13(17)2/h4-11,14H,3,12H2,1-2H3,(H,19,20). The highest BCUT2D eigenvalue weighted by molar-refractivity contribution is 5.69. The Morgan fingerprint density at radius 3 is 2.30 bits per heavy atom. The van der Waals surface area contributed by atoms with E-state index in [4.69, 9.17) is 5.11 Å². The zero-order chi connectivity index (χ0) is 14.5. The summed E-state index contributed by atoms with van der Waals surface area (Å²) in [6, 6.07) is 16.6. The van der Waals surface area contributed by atoms with E-state index in [-0.39, 0.29) is 12.3 Å². The molecule has 2 rings (SSSR count). The Bertz CT molecular complexity index is 585. The van der Waals surface area contributed by atoms with Gasteiger partial charge in [-0.2, -0.15) is 0 Å². The average molecular weight is 268 g/mol. The highest BCUT2D eigenvalue weighted by atomic mass is 16.4. The summed E-state index contributed by atoms with van der Waals surface area (Å²) in [5.74, 6) is -0.641. The maximum absolute atomic E-state index is 10.9. The van der Waals surface area contributed by atoms with Crippen LogP contribution in [0.25, 0.3) is 11.1 Å². The molecule has 1 unspecified atom stereocenters. The van der Waals surface area contributed by atoms with Gasteiger partial charge in [-0.05, 0) is 41.5 Å². The van der Waals surface area contributed by atoms with E-state index in [1.165, 1.54) is 16.7 Å². The van der Waals surface area contributed by atoms with Crippen molar-refractivity contribution in [3.05, 3.63) is 59.7 Å². The van der Waals surface area contributed by atoms with Gasteiger partial charge in [-0.3, -0.25) is 4.79 Å². The summed E-state index contributed by atoms with van der Waals surface area (Å²) in [7, 11) is 0. The van der Waals surface area contributed by atoms with E-state index in [0.717, 1.165) is 12.0 Å². The fraction of sp³-hybridized carbons (Fsp3) is 0.278. The van der Waals surface area contributed by atoms with Crippen LogP contribution in [0.2, 0.25) is 0 Å². The lowest BCUT2D eigenvalue weighted by atomic mass is 9.91. The van der Waals surface area contributed by atoms with Crippen LogP contribution in [0.1, 0.15) is 36.8 Å². The molecule has 0 fully saturated rings. The predicted molar refractivity (Wildman–Crippen MR) is 81.9 cm³/mol. The molecule has 0 aliphatic heterocycles. The Hall–Kier alpha value is -2.09. The lowest BCUT2D eigenvalue weighted by Gasteiger charge is -2.14. The summed E-state index contributed by atoms with van der Waals surface area (Å²) < 4.78 is 0. The number of aliphatic carboxylic acids is 1. The van der Waals surface area contributed by atoms with Crippen molar-refractivity contribution in [3.8, 4) is 11.1 Å². The van der Waals surface area contributed by atoms with Gasteiger partial charge in [0.2, 0.25) is 0 Å². The molecular formula is C18H20O2. The Labute approximate surface area is 120 Å². The van der Waals surface area contributed by atoms with Crippen molar-refractivity contribution in [1.82, 2.24) is 0 Å². The van der Waals surface area contributed by atoms with Crippen LogP contribution in [0.5, 0.6) is 0 Å².